The minimum atomic E-state index is 0.278. The molecule has 82 valence electrons. The van der Waals surface area contributed by atoms with Gasteiger partial charge in [0.1, 0.15) is 0 Å². The molecule has 1 rings (SSSR count). The third kappa shape index (κ3) is 3.64. The average Bonchev–Trinajstić information content (AvgIpc) is 2.20. The molecule has 0 aromatic heterocycles. The molecule has 1 saturated heterocycles. The van der Waals surface area contributed by atoms with Crippen molar-refractivity contribution in [1.82, 2.24) is 4.90 Å². The maximum atomic E-state index is 7.20. The molecule has 0 aromatic carbocycles. The maximum Gasteiger partial charge on any atom is 0.0918 e. The van der Waals surface area contributed by atoms with E-state index >= 15 is 0 Å². The third-order valence-corrected chi connectivity index (χ3v) is 2.73. The van der Waals surface area contributed by atoms with Crippen molar-refractivity contribution in [1.29, 1.82) is 5.41 Å². The van der Waals surface area contributed by atoms with E-state index < -0.39 is 0 Å². The normalized spacial score (nSPS) is 22.6. The van der Waals surface area contributed by atoms with Crippen molar-refractivity contribution >= 4 is 5.84 Å². The number of ether oxygens (including phenoxy) is 1. The van der Waals surface area contributed by atoms with Crippen molar-refractivity contribution in [3.8, 4) is 0 Å². The lowest BCUT2D eigenvalue weighted by atomic mass is 10.1. The zero-order valence-corrected chi connectivity index (χ0v) is 8.96. The zero-order chi connectivity index (χ0) is 10.4. The van der Waals surface area contributed by atoms with Crippen LogP contribution in [0.25, 0.3) is 0 Å². The van der Waals surface area contributed by atoms with Crippen LogP contribution < -0.4 is 5.73 Å². The van der Waals surface area contributed by atoms with Crippen LogP contribution in [0, 0.1) is 5.41 Å². The van der Waals surface area contributed by atoms with Gasteiger partial charge in [-0.1, -0.05) is 6.92 Å². The molecule has 0 radical (unpaired) electrons. The van der Waals surface area contributed by atoms with E-state index in [9.17, 15) is 0 Å². The molecule has 14 heavy (non-hydrogen) atoms. The van der Waals surface area contributed by atoms with Gasteiger partial charge in [-0.15, -0.1) is 0 Å². The molecule has 1 heterocycles. The summed E-state index contributed by atoms with van der Waals surface area (Å²) >= 11 is 0. The molecule has 1 aliphatic heterocycles. The van der Waals surface area contributed by atoms with Crippen molar-refractivity contribution in [3.63, 3.8) is 0 Å². The van der Waals surface area contributed by atoms with E-state index in [0.717, 1.165) is 32.7 Å². The number of hydrogen-bond donors (Lipinski definition) is 2. The highest BCUT2D eigenvalue weighted by atomic mass is 16.5. The van der Waals surface area contributed by atoms with E-state index in [1.54, 1.807) is 0 Å². The Morgan fingerprint density at radius 1 is 1.64 bits per heavy atom. The number of nitrogens with one attached hydrogen (secondary N) is 1. The number of nitrogens with two attached hydrogens (primary N) is 1. The fourth-order valence-electron chi connectivity index (χ4n) is 1.87. The smallest absolute Gasteiger partial charge is 0.0918 e. The first-order valence-electron chi connectivity index (χ1n) is 5.38. The Morgan fingerprint density at radius 3 is 2.93 bits per heavy atom. The van der Waals surface area contributed by atoms with E-state index in [-0.39, 0.29) is 5.84 Å². The Balaban J connectivity index is 2.31. The lowest BCUT2D eigenvalue weighted by Gasteiger charge is -2.33. The van der Waals surface area contributed by atoms with E-state index in [0.29, 0.717) is 12.5 Å². The second kappa shape index (κ2) is 5.98. The van der Waals surface area contributed by atoms with Crippen LogP contribution in [0.3, 0.4) is 0 Å². The van der Waals surface area contributed by atoms with Gasteiger partial charge in [0.2, 0.25) is 0 Å². The van der Waals surface area contributed by atoms with E-state index in [1.165, 1.54) is 6.42 Å². The second-order valence-electron chi connectivity index (χ2n) is 3.77. The van der Waals surface area contributed by atoms with Gasteiger partial charge in [0.15, 0.2) is 0 Å². The summed E-state index contributed by atoms with van der Waals surface area (Å²) in [5, 5.41) is 7.20. The molecular formula is C10H21N3O. The standard InChI is InChI=1S/C10H21N3O/c1-2-13(6-5-10(11)12)9-4-3-7-14-8-9/h9H,2-8H2,1H3,(H3,11,12). The molecule has 4 nitrogen and oxygen atoms in total. The molecular weight excluding hydrogens is 178 g/mol. The molecule has 1 unspecified atom stereocenters. The molecule has 0 spiro atoms. The predicted octanol–water partition coefficient (Wildman–Crippen LogP) is 0.813. The Morgan fingerprint density at radius 2 is 2.43 bits per heavy atom. The first kappa shape index (κ1) is 11.5. The SMILES string of the molecule is CCN(CCC(=N)N)C1CCCOC1. The highest BCUT2D eigenvalue weighted by molar-refractivity contribution is 5.76. The van der Waals surface area contributed by atoms with Crippen LogP contribution in [0.5, 0.6) is 0 Å². The summed E-state index contributed by atoms with van der Waals surface area (Å²) in [4.78, 5) is 2.36. The molecule has 1 atom stereocenters. The van der Waals surface area contributed by atoms with Gasteiger partial charge in [-0.3, -0.25) is 10.3 Å². The lowest BCUT2D eigenvalue weighted by Crippen LogP contribution is -2.42. The average molecular weight is 199 g/mol. The van der Waals surface area contributed by atoms with Crippen molar-refractivity contribution in [2.75, 3.05) is 26.3 Å². The van der Waals surface area contributed by atoms with Crippen LogP contribution in [0.1, 0.15) is 26.2 Å². The summed E-state index contributed by atoms with van der Waals surface area (Å²) in [7, 11) is 0. The van der Waals surface area contributed by atoms with Gasteiger partial charge >= 0.3 is 0 Å². The first-order valence-corrected chi connectivity index (χ1v) is 5.38. The fraction of sp³-hybridized carbons (Fsp3) is 0.900. The number of hydrogen-bond acceptors (Lipinski definition) is 3. The molecule has 1 fully saturated rings. The van der Waals surface area contributed by atoms with Crippen LogP contribution in [-0.2, 0) is 4.74 Å². The van der Waals surface area contributed by atoms with E-state index in [1.807, 2.05) is 0 Å². The van der Waals surface area contributed by atoms with Crippen molar-refractivity contribution in [2.45, 2.75) is 32.2 Å². The van der Waals surface area contributed by atoms with E-state index in [4.69, 9.17) is 15.9 Å². The molecule has 0 bridgehead atoms. The van der Waals surface area contributed by atoms with Crippen molar-refractivity contribution in [3.05, 3.63) is 0 Å². The van der Waals surface area contributed by atoms with Crippen molar-refractivity contribution < 1.29 is 4.74 Å². The number of likely N-dealkylation sites (N-methyl/N-ethyl adjacent to an activating group) is 1. The topological polar surface area (TPSA) is 62.3 Å². The van der Waals surface area contributed by atoms with Gasteiger partial charge in [-0.05, 0) is 19.4 Å². The molecule has 1 aliphatic rings. The molecule has 3 N–H and O–H groups in total. The lowest BCUT2D eigenvalue weighted by molar-refractivity contribution is 0.0207. The highest BCUT2D eigenvalue weighted by Crippen LogP contribution is 2.13. The first-order chi connectivity index (χ1) is 6.74. The minimum absolute atomic E-state index is 0.278. The predicted molar refractivity (Wildman–Crippen MR) is 57.6 cm³/mol. The van der Waals surface area contributed by atoms with Crippen LogP contribution in [0.2, 0.25) is 0 Å². The van der Waals surface area contributed by atoms with Gasteiger partial charge in [0.25, 0.3) is 0 Å². The summed E-state index contributed by atoms with van der Waals surface area (Å²) < 4.78 is 5.45. The summed E-state index contributed by atoms with van der Waals surface area (Å²) in [6.07, 6.45) is 3.04. The van der Waals surface area contributed by atoms with E-state index in [2.05, 4.69) is 11.8 Å². The highest BCUT2D eigenvalue weighted by Gasteiger charge is 2.19. The summed E-state index contributed by atoms with van der Waals surface area (Å²) in [6, 6.07) is 0.535. The molecule has 0 saturated carbocycles. The number of rotatable bonds is 5. The Labute approximate surface area is 85.9 Å². The molecule has 0 amide bonds. The Hall–Kier alpha value is -0.610. The fourth-order valence-corrected chi connectivity index (χ4v) is 1.87. The van der Waals surface area contributed by atoms with Gasteiger partial charge in [-0.2, -0.15) is 0 Å². The molecule has 0 aliphatic carbocycles. The van der Waals surface area contributed by atoms with Gasteiger partial charge in [0.05, 0.1) is 12.4 Å². The van der Waals surface area contributed by atoms with Crippen LogP contribution in [-0.4, -0.2) is 43.1 Å². The van der Waals surface area contributed by atoms with Gasteiger partial charge in [0, 0.05) is 25.6 Å². The van der Waals surface area contributed by atoms with Crippen molar-refractivity contribution in [2.24, 2.45) is 5.73 Å². The van der Waals surface area contributed by atoms with Crippen LogP contribution in [0.15, 0.2) is 0 Å². The monoisotopic (exact) mass is 199 g/mol. The molecule has 0 aromatic rings. The summed E-state index contributed by atoms with van der Waals surface area (Å²) in [5.74, 6) is 0.278. The molecule has 4 heteroatoms. The Bertz CT molecular complexity index is 178. The largest absolute Gasteiger partial charge is 0.388 e. The Kier molecular flexibility index (Phi) is 4.90. The number of amidine groups is 1. The summed E-state index contributed by atoms with van der Waals surface area (Å²) in [5.41, 5.74) is 5.35. The second-order valence-corrected chi connectivity index (χ2v) is 3.77. The maximum absolute atomic E-state index is 7.20. The van der Waals surface area contributed by atoms with Gasteiger partial charge in [-0.25, -0.2) is 0 Å². The number of nitrogens with zero attached hydrogens (tertiary/aromatic N) is 1. The van der Waals surface area contributed by atoms with Gasteiger partial charge < -0.3 is 10.5 Å². The van der Waals surface area contributed by atoms with Crippen LogP contribution >= 0.6 is 0 Å². The summed E-state index contributed by atoms with van der Waals surface area (Å²) in [6.45, 7) is 5.79. The minimum Gasteiger partial charge on any atom is -0.388 e. The third-order valence-electron chi connectivity index (χ3n) is 2.73. The zero-order valence-electron chi connectivity index (χ0n) is 8.96. The van der Waals surface area contributed by atoms with Crippen LogP contribution in [0.4, 0.5) is 0 Å². The quantitative estimate of drug-likeness (QED) is 0.509.